The van der Waals surface area contributed by atoms with Gasteiger partial charge in [0.25, 0.3) is 0 Å². The number of ether oxygens (including phenoxy) is 1. The second-order valence-electron chi connectivity index (χ2n) is 7.34. The van der Waals surface area contributed by atoms with Gasteiger partial charge in [-0.15, -0.1) is 0 Å². The number of hydrogen-bond acceptors (Lipinski definition) is 3. The SMILES string of the molecule is CC(C)CC1NC(C(C)C)C(=O)N1CCOC1CCCC1. The Hall–Kier alpha value is -0.610. The Labute approximate surface area is 129 Å². The fourth-order valence-electron chi connectivity index (χ4n) is 3.46. The molecule has 1 amide bonds. The molecule has 2 atom stereocenters. The maximum absolute atomic E-state index is 12.6. The van der Waals surface area contributed by atoms with E-state index < -0.39 is 0 Å². The van der Waals surface area contributed by atoms with E-state index in [0.29, 0.717) is 24.5 Å². The zero-order chi connectivity index (χ0) is 15.4. The van der Waals surface area contributed by atoms with Gasteiger partial charge in [0.05, 0.1) is 24.9 Å². The number of rotatable bonds is 7. The van der Waals surface area contributed by atoms with Gasteiger partial charge >= 0.3 is 0 Å². The molecule has 0 spiro atoms. The number of amides is 1. The van der Waals surface area contributed by atoms with Crippen LogP contribution in [0.15, 0.2) is 0 Å². The Balaban J connectivity index is 1.87. The topological polar surface area (TPSA) is 41.6 Å². The van der Waals surface area contributed by atoms with E-state index in [-0.39, 0.29) is 18.1 Å². The Morgan fingerprint density at radius 2 is 1.90 bits per heavy atom. The van der Waals surface area contributed by atoms with E-state index in [0.717, 1.165) is 13.0 Å². The molecule has 1 N–H and O–H groups in total. The smallest absolute Gasteiger partial charge is 0.241 e. The first-order chi connectivity index (χ1) is 9.99. The van der Waals surface area contributed by atoms with Gasteiger partial charge in [-0.3, -0.25) is 10.1 Å². The first-order valence-electron chi connectivity index (χ1n) is 8.67. The third kappa shape index (κ3) is 4.43. The molecule has 4 heteroatoms. The number of hydrogen-bond donors (Lipinski definition) is 1. The van der Waals surface area contributed by atoms with Crippen LogP contribution < -0.4 is 5.32 Å². The zero-order valence-electron chi connectivity index (χ0n) is 14.1. The highest BCUT2D eigenvalue weighted by Gasteiger charge is 2.40. The molecular formula is C17H32N2O2. The van der Waals surface area contributed by atoms with E-state index in [2.05, 4.69) is 33.0 Å². The van der Waals surface area contributed by atoms with Crippen LogP contribution >= 0.6 is 0 Å². The maximum atomic E-state index is 12.6. The Morgan fingerprint density at radius 1 is 1.24 bits per heavy atom. The van der Waals surface area contributed by atoms with E-state index in [4.69, 9.17) is 4.74 Å². The predicted molar refractivity (Wildman–Crippen MR) is 84.9 cm³/mol. The molecule has 2 aliphatic rings. The highest BCUT2D eigenvalue weighted by atomic mass is 16.5. The lowest BCUT2D eigenvalue weighted by atomic mass is 10.0. The summed E-state index contributed by atoms with van der Waals surface area (Å²) < 4.78 is 5.94. The molecule has 2 fully saturated rings. The van der Waals surface area contributed by atoms with Crippen molar-refractivity contribution >= 4 is 5.91 Å². The lowest BCUT2D eigenvalue weighted by Gasteiger charge is -2.26. The Bertz CT molecular complexity index is 338. The van der Waals surface area contributed by atoms with Crippen LogP contribution in [0.4, 0.5) is 0 Å². The van der Waals surface area contributed by atoms with E-state index in [1.807, 2.05) is 4.90 Å². The molecular weight excluding hydrogens is 264 g/mol. The number of carbonyl (C=O) groups excluding carboxylic acids is 1. The van der Waals surface area contributed by atoms with Crippen molar-refractivity contribution < 1.29 is 9.53 Å². The minimum absolute atomic E-state index is 0.0276. The van der Waals surface area contributed by atoms with Gasteiger partial charge in [-0.05, 0) is 31.1 Å². The molecule has 0 aromatic rings. The molecule has 4 nitrogen and oxygen atoms in total. The summed E-state index contributed by atoms with van der Waals surface area (Å²) in [4.78, 5) is 14.6. The second kappa shape index (κ2) is 7.59. The summed E-state index contributed by atoms with van der Waals surface area (Å²) in [6, 6.07) is -0.0276. The van der Waals surface area contributed by atoms with Crippen molar-refractivity contribution in [2.75, 3.05) is 13.2 Å². The third-order valence-electron chi connectivity index (χ3n) is 4.65. The maximum Gasteiger partial charge on any atom is 0.241 e. The standard InChI is InChI=1S/C17H32N2O2/c1-12(2)11-15-18-16(13(3)4)17(20)19(15)9-10-21-14-7-5-6-8-14/h12-16,18H,5-11H2,1-4H3. The van der Waals surface area contributed by atoms with Crippen molar-refractivity contribution in [3.63, 3.8) is 0 Å². The zero-order valence-corrected chi connectivity index (χ0v) is 14.1. The average molecular weight is 296 g/mol. The van der Waals surface area contributed by atoms with Crippen molar-refractivity contribution in [3.8, 4) is 0 Å². The van der Waals surface area contributed by atoms with Gasteiger partial charge in [-0.25, -0.2) is 0 Å². The van der Waals surface area contributed by atoms with Crippen LogP contribution in [-0.4, -0.2) is 42.3 Å². The summed E-state index contributed by atoms with van der Waals surface area (Å²) >= 11 is 0. The molecule has 1 saturated heterocycles. The summed E-state index contributed by atoms with van der Waals surface area (Å²) in [6.07, 6.45) is 6.59. The molecule has 122 valence electrons. The first kappa shape index (κ1) is 16.8. The lowest BCUT2D eigenvalue weighted by molar-refractivity contribution is -0.131. The monoisotopic (exact) mass is 296 g/mol. The Kier molecular flexibility index (Phi) is 6.06. The van der Waals surface area contributed by atoms with Crippen molar-refractivity contribution in [2.45, 2.75) is 78.1 Å². The molecule has 0 aromatic heterocycles. The van der Waals surface area contributed by atoms with Crippen LogP contribution in [0.5, 0.6) is 0 Å². The van der Waals surface area contributed by atoms with E-state index in [9.17, 15) is 4.79 Å². The summed E-state index contributed by atoms with van der Waals surface area (Å²) in [7, 11) is 0. The van der Waals surface area contributed by atoms with Gasteiger partial charge in [-0.1, -0.05) is 40.5 Å². The number of nitrogens with one attached hydrogen (secondary N) is 1. The molecule has 2 unspecified atom stereocenters. The molecule has 0 bridgehead atoms. The molecule has 0 aromatic carbocycles. The number of carbonyl (C=O) groups is 1. The summed E-state index contributed by atoms with van der Waals surface area (Å²) in [5.41, 5.74) is 0. The fourth-order valence-corrected chi connectivity index (χ4v) is 3.46. The number of nitrogens with zero attached hydrogens (tertiary/aromatic N) is 1. The lowest BCUT2D eigenvalue weighted by Crippen LogP contribution is -2.40. The van der Waals surface area contributed by atoms with Crippen molar-refractivity contribution in [3.05, 3.63) is 0 Å². The quantitative estimate of drug-likeness (QED) is 0.785. The van der Waals surface area contributed by atoms with Crippen molar-refractivity contribution in [1.82, 2.24) is 10.2 Å². The van der Waals surface area contributed by atoms with E-state index >= 15 is 0 Å². The van der Waals surface area contributed by atoms with Gasteiger partial charge in [0, 0.05) is 6.54 Å². The van der Waals surface area contributed by atoms with Crippen LogP contribution in [0.25, 0.3) is 0 Å². The normalized spacial score (nSPS) is 27.5. The minimum atomic E-state index is -0.0276. The van der Waals surface area contributed by atoms with Gasteiger partial charge in [0.15, 0.2) is 0 Å². The molecule has 1 saturated carbocycles. The molecule has 0 radical (unpaired) electrons. The highest BCUT2D eigenvalue weighted by Crippen LogP contribution is 2.23. The minimum Gasteiger partial charge on any atom is -0.376 e. The van der Waals surface area contributed by atoms with Crippen LogP contribution in [0.3, 0.4) is 0 Å². The third-order valence-corrected chi connectivity index (χ3v) is 4.65. The first-order valence-corrected chi connectivity index (χ1v) is 8.67. The van der Waals surface area contributed by atoms with Gasteiger partial charge in [-0.2, -0.15) is 0 Å². The van der Waals surface area contributed by atoms with Crippen LogP contribution in [0.2, 0.25) is 0 Å². The van der Waals surface area contributed by atoms with Crippen LogP contribution in [-0.2, 0) is 9.53 Å². The van der Waals surface area contributed by atoms with E-state index in [1.165, 1.54) is 25.7 Å². The summed E-state index contributed by atoms with van der Waals surface area (Å²) in [5, 5.41) is 3.52. The summed E-state index contributed by atoms with van der Waals surface area (Å²) in [6.45, 7) is 10.0. The molecule has 1 heterocycles. The highest BCUT2D eigenvalue weighted by molar-refractivity contribution is 5.84. The van der Waals surface area contributed by atoms with Crippen LogP contribution in [0, 0.1) is 11.8 Å². The van der Waals surface area contributed by atoms with Crippen molar-refractivity contribution in [2.24, 2.45) is 11.8 Å². The average Bonchev–Trinajstić information content (AvgIpc) is 3.00. The van der Waals surface area contributed by atoms with Gasteiger partial charge in [0.2, 0.25) is 5.91 Å². The summed E-state index contributed by atoms with van der Waals surface area (Å²) in [5.74, 6) is 1.18. The predicted octanol–water partition coefficient (Wildman–Crippen LogP) is 2.77. The molecule has 1 aliphatic carbocycles. The second-order valence-corrected chi connectivity index (χ2v) is 7.34. The Morgan fingerprint density at radius 3 is 2.48 bits per heavy atom. The van der Waals surface area contributed by atoms with Crippen LogP contribution in [0.1, 0.15) is 59.8 Å². The van der Waals surface area contributed by atoms with Crippen molar-refractivity contribution in [1.29, 1.82) is 0 Å². The van der Waals surface area contributed by atoms with Gasteiger partial charge in [0.1, 0.15) is 0 Å². The van der Waals surface area contributed by atoms with Gasteiger partial charge < -0.3 is 9.64 Å². The van der Waals surface area contributed by atoms with E-state index in [1.54, 1.807) is 0 Å². The molecule has 1 aliphatic heterocycles. The molecule has 21 heavy (non-hydrogen) atoms. The largest absolute Gasteiger partial charge is 0.376 e. The fraction of sp³-hybridized carbons (Fsp3) is 0.941. The molecule has 2 rings (SSSR count).